The number of ether oxygens (including phenoxy) is 2. The number of hydrogen-bond donors (Lipinski definition) is 1. The normalized spacial score (nSPS) is 13.7. The summed E-state index contributed by atoms with van der Waals surface area (Å²) < 4.78 is 28.5. The first-order chi connectivity index (χ1) is 14.2. The molecule has 0 bridgehead atoms. The molecule has 0 fully saturated rings. The molecule has 4 aromatic rings. The Morgan fingerprint density at radius 2 is 2.17 bits per heavy atom. The Kier molecular flexibility index (Phi) is 4.34. The third-order valence-electron chi connectivity index (χ3n) is 4.86. The van der Waals surface area contributed by atoms with Crippen LogP contribution in [0.4, 0.5) is 4.39 Å². The molecule has 1 aromatic carbocycles. The lowest BCUT2D eigenvalue weighted by Crippen LogP contribution is -2.09. The van der Waals surface area contributed by atoms with E-state index in [-0.39, 0.29) is 11.5 Å². The molecule has 0 radical (unpaired) electrons. The number of aryl methyl sites for hydroxylation is 1. The quantitative estimate of drug-likeness (QED) is 0.569. The Morgan fingerprint density at radius 3 is 2.97 bits per heavy atom. The molecule has 9 heteroatoms. The highest BCUT2D eigenvalue weighted by Gasteiger charge is 2.21. The molecule has 1 aliphatic heterocycles. The maximum atomic E-state index is 14.8. The van der Waals surface area contributed by atoms with Crippen LogP contribution in [0.5, 0.6) is 11.5 Å². The van der Waals surface area contributed by atoms with Crippen molar-refractivity contribution in [2.24, 2.45) is 0 Å². The standard InChI is InChI=1S/C20H19FN6O2/c1-2-28-13-8-15-18-16(9-13)29-6-4-3-5-27(18)20(25-15)12-7-14(21)17(22-10-12)19-23-11-24-26-19/h7-11H,2-6H2,1H3,(H,23,24,26). The number of rotatable bonds is 4. The van der Waals surface area contributed by atoms with Crippen molar-refractivity contribution in [1.29, 1.82) is 0 Å². The molecule has 0 saturated carbocycles. The van der Waals surface area contributed by atoms with Crippen LogP contribution in [-0.2, 0) is 6.54 Å². The first-order valence-corrected chi connectivity index (χ1v) is 9.56. The summed E-state index contributed by atoms with van der Waals surface area (Å²) in [6.07, 6.45) is 4.79. The molecule has 8 nitrogen and oxygen atoms in total. The zero-order valence-electron chi connectivity index (χ0n) is 15.9. The molecular weight excluding hydrogens is 375 g/mol. The summed E-state index contributed by atoms with van der Waals surface area (Å²) in [5.74, 6) is 1.88. The second kappa shape index (κ2) is 7.16. The van der Waals surface area contributed by atoms with Crippen molar-refractivity contribution in [2.75, 3.05) is 13.2 Å². The number of halogens is 1. The number of H-pyrrole nitrogens is 1. The first kappa shape index (κ1) is 17.6. The fourth-order valence-corrected chi connectivity index (χ4v) is 3.61. The number of benzene rings is 1. The number of nitrogens with zero attached hydrogens (tertiary/aromatic N) is 5. The van der Waals surface area contributed by atoms with Crippen LogP contribution in [-0.4, -0.2) is 42.9 Å². The van der Waals surface area contributed by atoms with Crippen LogP contribution >= 0.6 is 0 Å². The van der Waals surface area contributed by atoms with Gasteiger partial charge < -0.3 is 14.0 Å². The minimum Gasteiger partial charge on any atom is -0.494 e. The van der Waals surface area contributed by atoms with Gasteiger partial charge in [-0.15, -0.1) is 0 Å². The fourth-order valence-electron chi connectivity index (χ4n) is 3.61. The summed E-state index contributed by atoms with van der Waals surface area (Å²) in [4.78, 5) is 13.0. The lowest BCUT2D eigenvalue weighted by molar-refractivity contribution is 0.294. The Hall–Kier alpha value is -3.49. The molecule has 4 heterocycles. The van der Waals surface area contributed by atoms with Gasteiger partial charge in [-0.2, -0.15) is 5.10 Å². The monoisotopic (exact) mass is 394 g/mol. The van der Waals surface area contributed by atoms with E-state index in [2.05, 4.69) is 24.7 Å². The minimum atomic E-state index is -0.489. The van der Waals surface area contributed by atoms with Crippen LogP contribution in [0.1, 0.15) is 19.8 Å². The van der Waals surface area contributed by atoms with E-state index in [1.54, 1.807) is 6.20 Å². The maximum Gasteiger partial charge on any atom is 0.177 e. The van der Waals surface area contributed by atoms with Crippen LogP contribution in [0.2, 0.25) is 0 Å². The SMILES string of the molecule is CCOc1cc2c3c(c1)nc(-c1cnc(-c4ncn[nH]4)c(F)c1)n3CCCCO2. The van der Waals surface area contributed by atoms with Gasteiger partial charge in [0, 0.05) is 30.4 Å². The molecule has 1 N–H and O–H groups in total. The lowest BCUT2D eigenvalue weighted by atomic mass is 10.2. The molecule has 0 unspecified atom stereocenters. The Balaban J connectivity index is 1.67. The minimum absolute atomic E-state index is 0.123. The van der Waals surface area contributed by atoms with Gasteiger partial charge in [0.05, 0.1) is 18.7 Å². The van der Waals surface area contributed by atoms with Gasteiger partial charge in [0.2, 0.25) is 0 Å². The molecule has 0 amide bonds. The highest BCUT2D eigenvalue weighted by molar-refractivity contribution is 5.87. The van der Waals surface area contributed by atoms with Crippen molar-refractivity contribution in [1.82, 2.24) is 29.7 Å². The van der Waals surface area contributed by atoms with Gasteiger partial charge in [-0.25, -0.2) is 19.3 Å². The lowest BCUT2D eigenvalue weighted by Gasteiger charge is -2.17. The number of nitrogens with one attached hydrogen (secondary N) is 1. The number of hydrogen-bond acceptors (Lipinski definition) is 6. The highest BCUT2D eigenvalue weighted by Crippen LogP contribution is 2.36. The number of aromatic amines is 1. The van der Waals surface area contributed by atoms with Gasteiger partial charge in [0.25, 0.3) is 0 Å². The van der Waals surface area contributed by atoms with E-state index in [0.717, 1.165) is 36.2 Å². The summed E-state index contributed by atoms with van der Waals surface area (Å²) in [5, 5.41) is 6.38. The molecule has 5 rings (SSSR count). The van der Waals surface area contributed by atoms with E-state index in [9.17, 15) is 4.39 Å². The highest BCUT2D eigenvalue weighted by atomic mass is 19.1. The van der Waals surface area contributed by atoms with Gasteiger partial charge in [-0.3, -0.25) is 5.10 Å². The fraction of sp³-hybridized carbons (Fsp3) is 0.300. The second-order valence-corrected chi connectivity index (χ2v) is 6.75. The number of pyridine rings is 1. The summed E-state index contributed by atoms with van der Waals surface area (Å²) in [5.41, 5.74) is 2.36. The van der Waals surface area contributed by atoms with Crippen molar-refractivity contribution >= 4 is 11.0 Å². The summed E-state index contributed by atoms with van der Waals surface area (Å²) in [7, 11) is 0. The average molecular weight is 394 g/mol. The van der Waals surface area contributed by atoms with E-state index < -0.39 is 5.82 Å². The molecule has 3 aromatic heterocycles. The van der Waals surface area contributed by atoms with Crippen LogP contribution in [0, 0.1) is 5.82 Å². The average Bonchev–Trinajstić information content (AvgIpc) is 3.34. The van der Waals surface area contributed by atoms with Crippen molar-refractivity contribution in [3.8, 4) is 34.4 Å². The number of aromatic nitrogens is 6. The Morgan fingerprint density at radius 1 is 1.24 bits per heavy atom. The number of imidazole rings is 1. The Labute approximate surface area is 165 Å². The summed E-state index contributed by atoms with van der Waals surface area (Å²) >= 11 is 0. The zero-order chi connectivity index (χ0) is 19.8. The molecular formula is C20H19FN6O2. The predicted molar refractivity (Wildman–Crippen MR) is 104 cm³/mol. The van der Waals surface area contributed by atoms with Crippen molar-refractivity contribution in [3.63, 3.8) is 0 Å². The van der Waals surface area contributed by atoms with Crippen LogP contribution < -0.4 is 9.47 Å². The molecule has 0 spiro atoms. The maximum absolute atomic E-state index is 14.8. The Bertz CT molecular complexity index is 1170. The molecule has 0 aliphatic carbocycles. The van der Waals surface area contributed by atoms with Gasteiger partial charge in [-0.1, -0.05) is 0 Å². The van der Waals surface area contributed by atoms with E-state index >= 15 is 0 Å². The van der Waals surface area contributed by atoms with Crippen LogP contribution in [0.25, 0.3) is 33.9 Å². The van der Waals surface area contributed by atoms with Gasteiger partial charge in [-0.05, 0) is 25.8 Å². The topological polar surface area (TPSA) is 90.7 Å². The molecule has 0 atom stereocenters. The summed E-state index contributed by atoms with van der Waals surface area (Å²) in [6.45, 7) is 3.90. The third-order valence-corrected chi connectivity index (χ3v) is 4.86. The molecule has 148 valence electrons. The van der Waals surface area contributed by atoms with E-state index in [0.29, 0.717) is 30.4 Å². The van der Waals surface area contributed by atoms with Crippen LogP contribution in [0.3, 0.4) is 0 Å². The second-order valence-electron chi connectivity index (χ2n) is 6.75. The molecule has 0 saturated heterocycles. The van der Waals surface area contributed by atoms with E-state index in [4.69, 9.17) is 14.5 Å². The van der Waals surface area contributed by atoms with Crippen molar-refractivity contribution < 1.29 is 13.9 Å². The summed E-state index contributed by atoms with van der Waals surface area (Å²) in [6, 6.07) is 5.21. The van der Waals surface area contributed by atoms with E-state index in [1.165, 1.54) is 12.4 Å². The van der Waals surface area contributed by atoms with Gasteiger partial charge in [0.1, 0.15) is 34.9 Å². The predicted octanol–water partition coefficient (Wildman–Crippen LogP) is 3.59. The zero-order valence-corrected chi connectivity index (χ0v) is 15.9. The van der Waals surface area contributed by atoms with Gasteiger partial charge in [0.15, 0.2) is 11.6 Å². The van der Waals surface area contributed by atoms with Gasteiger partial charge >= 0.3 is 0 Å². The van der Waals surface area contributed by atoms with E-state index in [1.807, 2.05) is 19.1 Å². The van der Waals surface area contributed by atoms with Crippen molar-refractivity contribution in [3.05, 3.63) is 36.5 Å². The third kappa shape index (κ3) is 3.08. The smallest absolute Gasteiger partial charge is 0.177 e. The van der Waals surface area contributed by atoms with Crippen molar-refractivity contribution in [2.45, 2.75) is 26.3 Å². The molecule has 1 aliphatic rings. The van der Waals surface area contributed by atoms with Crippen LogP contribution in [0.15, 0.2) is 30.7 Å². The largest absolute Gasteiger partial charge is 0.494 e. The first-order valence-electron chi connectivity index (χ1n) is 9.56. The molecule has 29 heavy (non-hydrogen) atoms.